The van der Waals surface area contributed by atoms with E-state index in [1.807, 2.05) is 30.3 Å². The van der Waals surface area contributed by atoms with Gasteiger partial charge in [-0.15, -0.1) is 11.6 Å². The van der Waals surface area contributed by atoms with Crippen molar-refractivity contribution >= 4 is 38.3 Å². The lowest BCUT2D eigenvalue weighted by Gasteiger charge is -2.03. The monoisotopic (exact) mass is 337 g/mol. The summed E-state index contributed by atoms with van der Waals surface area (Å²) in [5.41, 5.74) is 0.654. The smallest absolute Gasteiger partial charge is 0.399 e. The molecule has 1 aromatic heterocycles. The van der Waals surface area contributed by atoms with Gasteiger partial charge in [0.25, 0.3) is 0 Å². The molecular weight excluding hydrogens is 330 g/mol. The highest BCUT2D eigenvalue weighted by atomic mass is 79.9. The van der Waals surface area contributed by atoms with Crippen LogP contribution in [0.2, 0.25) is 0 Å². The van der Waals surface area contributed by atoms with Crippen LogP contribution in [0, 0.1) is 0 Å². The maximum atomic E-state index is 5.65. The minimum atomic E-state index is 0.201. The summed E-state index contributed by atoms with van der Waals surface area (Å²) in [5, 5.41) is 2.22. The van der Waals surface area contributed by atoms with Gasteiger partial charge in [-0.25, -0.2) is 0 Å². The van der Waals surface area contributed by atoms with E-state index in [2.05, 4.69) is 27.0 Å². The molecule has 0 atom stereocenters. The predicted molar refractivity (Wildman–Crippen MR) is 77.8 cm³/mol. The maximum Gasteiger partial charge on any atom is 0.399 e. The summed E-state index contributed by atoms with van der Waals surface area (Å²) in [6.07, 6.45) is 1.69. The molecule has 1 heterocycles. The number of fused-ring (bicyclic) bond motifs is 1. The van der Waals surface area contributed by atoms with E-state index in [4.69, 9.17) is 20.8 Å². The molecule has 0 fully saturated rings. The second-order valence-electron chi connectivity index (χ2n) is 3.99. The number of halogens is 2. The van der Waals surface area contributed by atoms with E-state index < -0.39 is 0 Å². The van der Waals surface area contributed by atoms with Crippen LogP contribution in [0.4, 0.5) is 0 Å². The average Bonchev–Trinajstić information content (AvgIpc) is 2.86. The highest BCUT2D eigenvalue weighted by Gasteiger charge is 2.06. The highest BCUT2D eigenvalue weighted by molar-refractivity contribution is 9.10. The molecule has 2 aromatic carbocycles. The Labute approximate surface area is 123 Å². The molecule has 3 rings (SSSR count). The first-order chi connectivity index (χ1) is 9.24. The minimum Gasteiger partial charge on any atom is -0.417 e. The van der Waals surface area contributed by atoms with Crippen LogP contribution in [-0.4, -0.2) is 4.98 Å². The van der Waals surface area contributed by atoms with Crippen LogP contribution >= 0.6 is 27.5 Å². The quantitative estimate of drug-likeness (QED) is 0.622. The van der Waals surface area contributed by atoms with Crippen molar-refractivity contribution in [1.82, 2.24) is 4.98 Å². The zero-order valence-corrected chi connectivity index (χ0v) is 12.1. The van der Waals surface area contributed by atoms with Crippen LogP contribution in [0.15, 0.2) is 51.6 Å². The maximum absolute atomic E-state index is 5.65. The molecule has 0 radical (unpaired) electrons. The van der Waals surface area contributed by atoms with Gasteiger partial charge in [0.2, 0.25) is 0 Å². The fourth-order valence-electron chi connectivity index (χ4n) is 1.76. The fraction of sp³-hybridized carbons (Fsp3) is 0.0714. The summed E-state index contributed by atoms with van der Waals surface area (Å²) in [4.78, 5) is 4.09. The van der Waals surface area contributed by atoms with Crippen LogP contribution in [-0.2, 0) is 5.88 Å². The Morgan fingerprint density at radius 1 is 1.16 bits per heavy atom. The summed E-state index contributed by atoms with van der Waals surface area (Å²) in [6.45, 7) is 0. The first-order valence-corrected chi connectivity index (χ1v) is 6.95. The molecule has 3 nitrogen and oxygen atoms in total. The van der Waals surface area contributed by atoms with Gasteiger partial charge in [0.05, 0.1) is 11.6 Å². The standard InChI is InChI=1S/C14H9BrClNO2/c15-11-3-1-10-6-13(4-2-9(10)5-11)19-14-17-12(7-16)8-18-14/h1-6,8H,7H2. The van der Waals surface area contributed by atoms with E-state index in [1.54, 1.807) is 0 Å². The van der Waals surface area contributed by atoms with E-state index in [9.17, 15) is 0 Å². The van der Waals surface area contributed by atoms with Crippen molar-refractivity contribution in [2.24, 2.45) is 0 Å². The van der Waals surface area contributed by atoms with Crippen molar-refractivity contribution in [1.29, 1.82) is 0 Å². The number of aromatic nitrogens is 1. The van der Waals surface area contributed by atoms with Crippen LogP contribution in [0.5, 0.6) is 11.8 Å². The van der Waals surface area contributed by atoms with Crippen molar-refractivity contribution < 1.29 is 9.15 Å². The van der Waals surface area contributed by atoms with Gasteiger partial charge < -0.3 is 9.15 Å². The molecule has 0 aliphatic rings. The Kier molecular flexibility index (Phi) is 3.44. The van der Waals surface area contributed by atoms with Crippen LogP contribution in [0.1, 0.15) is 5.69 Å². The minimum absolute atomic E-state index is 0.201. The summed E-state index contributed by atoms with van der Waals surface area (Å²) in [6, 6.07) is 11.9. The Morgan fingerprint density at radius 3 is 2.74 bits per heavy atom. The number of oxazole rings is 1. The number of nitrogens with zero attached hydrogens (tertiary/aromatic N) is 1. The van der Waals surface area contributed by atoms with Gasteiger partial charge in [-0.05, 0) is 35.0 Å². The van der Waals surface area contributed by atoms with Crippen molar-refractivity contribution in [3.8, 4) is 11.8 Å². The fourth-order valence-corrected chi connectivity index (χ4v) is 2.26. The van der Waals surface area contributed by atoms with Gasteiger partial charge in [-0.1, -0.05) is 28.1 Å². The van der Waals surface area contributed by atoms with Gasteiger partial charge in [0.15, 0.2) is 0 Å². The number of rotatable bonds is 3. The first kappa shape index (κ1) is 12.5. The molecule has 19 heavy (non-hydrogen) atoms. The van der Waals surface area contributed by atoms with E-state index in [-0.39, 0.29) is 6.08 Å². The summed E-state index contributed by atoms with van der Waals surface area (Å²) in [7, 11) is 0. The lowest BCUT2D eigenvalue weighted by atomic mass is 10.1. The number of benzene rings is 2. The van der Waals surface area contributed by atoms with Crippen LogP contribution in [0.25, 0.3) is 10.8 Å². The zero-order valence-electron chi connectivity index (χ0n) is 9.77. The van der Waals surface area contributed by atoms with E-state index >= 15 is 0 Å². The molecule has 3 aromatic rings. The molecule has 5 heteroatoms. The Morgan fingerprint density at radius 2 is 1.95 bits per heavy atom. The lowest BCUT2D eigenvalue weighted by Crippen LogP contribution is -1.85. The zero-order chi connectivity index (χ0) is 13.2. The second kappa shape index (κ2) is 5.23. The van der Waals surface area contributed by atoms with Crippen LogP contribution < -0.4 is 4.74 Å². The van der Waals surface area contributed by atoms with Gasteiger partial charge in [-0.3, -0.25) is 0 Å². The van der Waals surface area contributed by atoms with Crippen LogP contribution in [0.3, 0.4) is 0 Å². The van der Waals surface area contributed by atoms with Crippen molar-refractivity contribution in [3.05, 3.63) is 52.8 Å². The molecular formula is C14H9BrClNO2. The number of hydrogen-bond donors (Lipinski definition) is 0. The van der Waals surface area contributed by atoms with Gasteiger partial charge >= 0.3 is 6.08 Å². The SMILES string of the molecule is ClCc1coc(Oc2ccc3cc(Br)ccc3c2)n1. The van der Waals surface area contributed by atoms with Crippen molar-refractivity contribution in [2.45, 2.75) is 5.88 Å². The topological polar surface area (TPSA) is 35.3 Å². The Balaban J connectivity index is 1.90. The third-order valence-corrected chi connectivity index (χ3v) is 3.41. The van der Waals surface area contributed by atoms with Crippen molar-refractivity contribution in [2.75, 3.05) is 0 Å². The largest absolute Gasteiger partial charge is 0.417 e. The molecule has 0 bridgehead atoms. The van der Waals surface area contributed by atoms with Gasteiger partial charge in [0, 0.05) is 4.47 Å². The van der Waals surface area contributed by atoms with E-state index in [0.717, 1.165) is 15.2 Å². The lowest BCUT2D eigenvalue weighted by molar-refractivity contribution is 0.331. The van der Waals surface area contributed by atoms with Gasteiger partial charge in [0.1, 0.15) is 12.0 Å². The molecule has 0 saturated carbocycles. The molecule has 0 aliphatic heterocycles. The van der Waals surface area contributed by atoms with Gasteiger partial charge in [-0.2, -0.15) is 4.98 Å². The summed E-state index contributed by atoms with van der Waals surface area (Å²) < 4.78 is 11.8. The average molecular weight is 339 g/mol. The Bertz CT molecular complexity index is 726. The molecule has 0 saturated heterocycles. The molecule has 96 valence electrons. The summed E-state index contributed by atoms with van der Waals surface area (Å²) in [5.74, 6) is 0.983. The third kappa shape index (κ3) is 2.74. The molecule has 0 amide bonds. The molecule has 0 unspecified atom stereocenters. The van der Waals surface area contributed by atoms with E-state index in [0.29, 0.717) is 17.3 Å². The Hall–Kier alpha value is -1.52. The van der Waals surface area contributed by atoms with Crippen molar-refractivity contribution in [3.63, 3.8) is 0 Å². The molecule has 0 spiro atoms. The number of alkyl halides is 1. The number of ether oxygens (including phenoxy) is 1. The number of hydrogen-bond acceptors (Lipinski definition) is 3. The normalized spacial score (nSPS) is 10.8. The summed E-state index contributed by atoms with van der Waals surface area (Å²) >= 11 is 9.10. The third-order valence-electron chi connectivity index (χ3n) is 2.65. The first-order valence-electron chi connectivity index (χ1n) is 5.62. The molecule has 0 aliphatic carbocycles. The second-order valence-corrected chi connectivity index (χ2v) is 5.18. The predicted octanol–water partition coefficient (Wildman–Crippen LogP) is 5.12. The molecule has 0 N–H and O–H groups in total. The van der Waals surface area contributed by atoms with E-state index in [1.165, 1.54) is 6.26 Å². The highest BCUT2D eigenvalue weighted by Crippen LogP contribution is 2.27.